The monoisotopic (exact) mass is 312 g/mol. The second-order valence-corrected chi connectivity index (χ2v) is 7.82. The minimum Gasteiger partial charge on any atom is -0.481 e. The summed E-state index contributed by atoms with van der Waals surface area (Å²) in [5, 5.41) is 9.25. The molecule has 0 aromatic carbocycles. The first-order valence-corrected chi connectivity index (χ1v) is 7.97. The van der Waals surface area contributed by atoms with Crippen LogP contribution in [0.5, 0.6) is 0 Å². The van der Waals surface area contributed by atoms with Gasteiger partial charge in [0.25, 0.3) is 0 Å². The van der Waals surface area contributed by atoms with E-state index in [1.807, 2.05) is 27.8 Å². The van der Waals surface area contributed by atoms with Crippen molar-refractivity contribution in [2.24, 2.45) is 5.92 Å². The van der Waals surface area contributed by atoms with Crippen molar-refractivity contribution in [3.63, 3.8) is 0 Å². The summed E-state index contributed by atoms with van der Waals surface area (Å²) < 4.78 is 5.36. The molecule has 6 heteroatoms. The van der Waals surface area contributed by atoms with Crippen molar-refractivity contribution in [1.82, 2.24) is 9.80 Å². The predicted molar refractivity (Wildman–Crippen MR) is 82.7 cm³/mol. The number of carboxylic acid groups (broad SMARTS) is 1. The number of likely N-dealkylation sites (tertiary alicyclic amines) is 1. The molecule has 126 valence electrons. The lowest BCUT2D eigenvalue weighted by Crippen LogP contribution is -2.72. The summed E-state index contributed by atoms with van der Waals surface area (Å²) in [6.45, 7) is 8.48. The van der Waals surface area contributed by atoms with Crippen molar-refractivity contribution in [1.29, 1.82) is 0 Å². The lowest BCUT2D eigenvalue weighted by molar-refractivity contribution is -0.146. The average Bonchev–Trinajstić information content (AvgIpc) is 3.12. The fourth-order valence-corrected chi connectivity index (χ4v) is 3.19. The van der Waals surface area contributed by atoms with Gasteiger partial charge < -0.3 is 14.7 Å². The van der Waals surface area contributed by atoms with Crippen LogP contribution in [0.3, 0.4) is 0 Å². The van der Waals surface area contributed by atoms with E-state index in [4.69, 9.17) is 4.74 Å². The molecule has 1 saturated carbocycles. The van der Waals surface area contributed by atoms with Crippen LogP contribution < -0.4 is 0 Å². The van der Waals surface area contributed by atoms with Gasteiger partial charge in [0.15, 0.2) is 0 Å². The summed E-state index contributed by atoms with van der Waals surface area (Å²) >= 11 is 0. The van der Waals surface area contributed by atoms with Gasteiger partial charge in [0.1, 0.15) is 5.60 Å². The lowest BCUT2D eigenvalue weighted by atomic mass is 9.83. The smallest absolute Gasteiger partial charge is 0.410 e. The molecular weight excluding hydrogens is 284 g/mol. The van der Waals surface area contributed by atoms with Gasteiger partial charge in [0.2, 0.25) is 0 Å². The van der Waals surface area contributed by atoms with Crippen molar-refractivity contribution in [2.75, 3.05) is 20.1 Å². The van der Waals surface area contributed by atoms with Crippen molar-refractivity contribution in [3.05, 3.63) is 0 Å². The Morgan fingerprint density at radius 2 is 1.91 bits per heavy atom. The maximum absolute atomic E-state index is 12.1. The molecule has 1 aliphatic heterocycles. The van der Waals surface area contributed by atoms with Crippen molar-refractivity contribution in [2.45, 2.75) is 64.1 Å². The van der Waals surface area contributed by atoms with Crippen LogP contribution in [-0.2, 0) is 9.53 Å². The van der Waals surface area contributed by atoms with Crippen molar-refractivity contribution < 1.29 is 19.4 Å². The van der Waals surface area contributed by atoms with Crippen LogP contribution in [0, 0.1) is 5.92 Å². The van der Waals surface area contributed by atoms with Gasteiger partial charge >= 0.3 is 12.1 Å². The van der Waals surface area contributed by atoms with Gasteiger partial charge in [0.05, 0.1) is 12.0 Å². The molecule has 0 spiro atoms. The van der Waals surface area contributed by atoms with Gasteiger partial charge in [-0.2, -0.15) is 0 Å². The number of likely N-dealkylation sites (N-methyl/N-ethyl adjacent to an activating group) is 1. The summed E-state index contributed by atoms with van der Waals surface area (Å²) in [6.07, 6.45) is 2.12. The first-order chi connectivity index (χ1) is 10.0. The molecule has 2 aliphatic rings. The van der Waals surface area contributed by atoms with E-state index in [-0.39, 0.29) is 12.5 Å². The molecule has 0 aromatic heterocycles. The number of ether oxygens (including phenoxy) is 1. The van der Waals surface area contributed by atoms with Gasteiger partial charge in [-0.1, -0.05) is 0 Å². The number of aliphatic carboxylic acids is 1. The number of hydrogen-bond donors (Lipinski definition) is 1. The number of carboxylic acids is 1. The minimum absolute atomic E-state index is 0.0554. The fraction of sp³-hybridized carbons (Fsp3) is 0.875. The number of rotatable bonds is 5. The Hall–Kier alpha value is -1.30. The third kappa shape index (κ3) is 3.72. The van der Waals surface area contributed by atoms with Crippen molar-refractivity contribution in [3.8, 4) is 0 Å². The lowest BCUT2D eigenvalue weighted by Gasteiger charge is -2.55. The SMILES string of the molecule is CC(C1CC1)N(C)C1(CC(=O)O)CN(C(=O)OC(C)(C)C)C1. The van der Waals surface area contributed by atoms with Gasteiger partial charge in [-0.05, 0) is 53.5 Å². The fourth-order valence-electron chi connectivity index (χ4n) is 3.19. The highest BCUT2D eigenvalue weighted by atomic mass is 16.6. The zero-order valence-corrected chi connectivity index (χ0v) is 14.3. The largest absolute Gasteiger partial charge is 0.481 e. The third-order valence-corrected chi connectivity index (χ3v) is 4.77. The summed E-state index contributed by atoms with van der Waals surface area (Å²) in [4.78, 5) is 27.1. The van der Waals surface area contributed by atoms with Gasteiger partial charge in [-0.25, -0.2) is 4.79 Å². The molecule has 1 atom stereocenters. The molecule has 1 saturated heterocycles. The Morgan fingerprint density at radius 1 is 1.36 bits per heavy atom. The number of nitrogens with zero attached hydrogens (tertiary/aromatic N) is 2. The van der Waals surface area contributed by atoms with E-state index in [9.17, 15) is 14.7 Å². The van der Waals surface area contributed by atoms with E-state index < -0.39 is 17.1 Å². The molecule has 2 rings (SSSR count). The predicted octanol–water partition coefficient (Wildman–Crippen LogP) is 2.18. The summed E-state index contributed by atoms with van der Waals surface area (Å²) in [5.41, 5.74) is -1.000. The maximum atomic E-state index is 12.1. The molecule has 1 amide bonds. The van der Waals surface area contributed by atoms with Gasteiger partial charge in [0, 0.05) is 19.1 Å². The molecule has 1 N–H and O–H groups in total. The van der Waals surface area contributed by atoms with Crippen LogP contribution >= 0.6 is 0 Å². The van der Waals surface area contributed by atoms with E-state index in [0.29, 0.717) is 25.0 Å². The highest BCUT2D eigenvalue weighted by Gasteiger charge is 2.53. The standard InChI is InChI=1S/C16H28N2O4/c1-11(12-6-7-12)17(5)16(8-13(19)20)9-18(10-16)14(21)22-15(2,3)4/h11-12H,6-10H2,1-5H3,(H,19,20). The van der Waals surface area contributed by atoms with Crippen LogP contribution in [0.25, 0.3) is 0 Å². The Morgan fingerprint density at radius 3 is 2.32 bits per heavy atom. The molecule has 0 bridgehead atoms. The zero-order chi connectivity index (χ0) is 16.7. The molecule has 0 radical (unpaired) electrons. The Balaban J connectivity index is 2.01. The number of carbonyl (C=O) groups is 2. The van der Waals surface area contributed by atoms with Crippen LogP contribution in [0.2, 0.25) is 0 Å². The average molecular weight is 312 g/mol. The first kappa shape index (κ1) is 17.1. The molecule has 0 aromatic rings. The highest BCUT2D eigenvalue weighted by Crippen LogP contribution is 2.40. The van der Waals surface area contributed by atoms with Crippen molar-refractivity contribution >= 4 is 12.1 Å². The molecule has 1 aliphatic carbocycles. The quantitative estimate of drug-likeness (QED) is 0.842. The molecular formula is C16H28N2O4. The second kappa shape index (κ2) is 5.72. The van der Waals surface area contributed by atoms with Gasteiger partial charge in [-0.15, -0.1) is 0 Å². The van der Waals surface area contributed by atoms with E-state index in [2.05, 4.69) is 11.8 Å². The van der Waals surface area contributed by atoms with Gasteiger partial charge in [-0.3, -0.25) is 9.69 Å². The number of hydrogen-bond acceptors (Lipinski definition) is 4. The summed E-state index contributed by atoms with van der Waals surface area (Å²) in [6, 6.07) is 0.347. The topological polar surface area (TPSA) is 70.1 Å². The van der Waals surface area contributed by atoms with Crippen LogP contribution in [0.15, 0.2) is 0 Å². The molecule has 1 unspecified atom stereocenters. The van der Waals surface area contributed by atoms with Crippen LogP contribution in [0.1, 0.15) is 47.0 Å². The normalized spacial score (nSPS) is 22.2. The molecule has 2 fully saturated rings. The van der Waals surface area contributed by atoms with E-state index in [0.717, 1.165) is 0 Å². The second-order valence-electron chi connectivity index (χ2n) is 7.82. The molecule has 1 heterocycles. The van der Waals surface area contributed by atoms with Crippen LogP contribution in [-0.4, -0.2) is 64.3 Å². The Labute approximate surface area is 132 Å². The summed E-state index contributed by atoms with van der Waals surface area (Å²) in [5.74, 6) is -0.162. The van der Waals surface area contributed by atoms with E-state index >= 15 is 0 Å². The Bertz CT molecular complexity index is 448. The van der Waals surface area contributed by atoms with E-state index in [1.54, 1.807) is 4.90 Å². The third-order valence-electron chi connectivity index (χ3n) is 4.77. The zero-order valence-electron chi connectivity index (χ0n) is 14.3. The highest BCUT2D eigenvalue weighted by molar-refractivity contribution is 5.73. The van der Waals surface area contributed by atoms with E-state index in [1.165, 1.54) is 12.8 Å². The first-order valence-electron chi connectivity index (χ1n) is 7.97. The Kier molecular flexibility index (Phi) is 4.44. The van der Waals surface area contributed by atoms with Crippen LogP contribution in [0.4, 0.5) is 4.79 Å². The number of amides is 1. The molecule has 22 heavy (non-hydrogen) atoms. The molecule has 6 nitrogen and oxygen atoms in total. The minimum atomic E-state index is -0.821. The maximum Gasteiger partial charge on any atom is 0.410 e. The summed E-state index contributed by atoms with van der Waals surface area (Å²) in [7, 11) is 1.98. The number of carbonyl (C=O) groups excluding carboxylic acids is 1.